The molecule has 0 unspecified atom stereocenters. The molecule has 17 heavy (non-hydrogen) atoms. The van der Waals surface area contributed by atoms with Crippen LogP contribution in [0.5, 0.6) is 5.75 Å². The van der Waals surface area contributed by atoms with Crippen LogP contribution in [-0.4, -0.2) is 22.9 Å². The molecule has 1 heterocycles. The van der Waals surface area contributed by atoms with Crippen molar-refractivity contribution in [2.24, 2.45) is 0 Å². The largest absolute Gasteiger partial charge is 0.494 e. The first kappa shape index (κ1) is 11.3. The van der Waals surface area contributed by atoms with Gasteiger partial charge in [0.1, 0.15) is 17.8 Å². The summed E-state index contributed by atoms with van der Waals surface area (Å²) >= 11 is 0. The SMILES string of the molecule is CCOc1ccc(-c2cc(C=O)ncn2)cc1. The average molecular weight is 228 g/mol. The molecule has 0 fully saturated rings. The topological polar surface area (TPSA) is 52.1 Å². The molecule has 0 N–H and O–H groups in total. The number of hydrogen-bond acceptors (Lipinski definition) is 4. The second kappa shape index (κ2) is 5.21. The Kier molecular flexibility index (Phi) is 3.45. The predicted molar refractivity (Wildman–Crippen MR) is 64.0 cm³/mol. The van der Waals surface area contributed by atoms with E-state index >= 15 is 0 Å². The first-order chi connectivity index (χ1) is 8.33. The van der Waals surface area contributed by atoms with Crippen molar-refractivity contribution in [2.45, 2.75) is 6.92 Å². The number of rotatable bonds is 4. The molecule has 0 saturated carbocycles. The molecule has 0 aliphatic rings. The van der Waals surface area contributed by atoms with Crippen LogP contribution in [0.2, 0.25) is 0 Å². The molecular weight excluding hydrogens is 216 g/mol. The molecule has 4 nitrogen and oxygen atoms in total. The molecule has 2 rings (SSSR count). The highest BCUT2D eigenvalue weighted by atomic mass is 16.5. The second-order valence-corrected chi connectivity index (χ2v) is 3.40. The van der Waals surface area contributed by atoms with Crippen molar-refractivity contribution in [1.82, 2.24) is 9.97 Å². The molecule has 1 aromatic carbocycles. The predicted octanol–water partition coefficient (Wildman–Crippen LogP) is 2.35. The molecule has 0 bridgehead atoms. The van der Waals surface area contributed by atoms with E-state index in [1.54, 1.807) is 6.07 Å². The van der Waals surface area contributed by atoms with Gasteiger partial charge in [-0.15, -0.1) is 0 Å². The maximum atomic E-state index is 10.6. The third kappa shape index (κ3) is 2.66. The molecule has 2 aromatic rings. The van der Waals surface area contributed by atoms with Gasteiger partial charge < -0.3 is 4.74 Å². The summed E-state index contributed by atoms with van der Waals surface area (Å²) in [6, 6.07) is 9.22. The van der Waals surface area contributed by atoms with Gasteiger partial charge in [-0.05, 0) is 37.3 Å². The Balaban J connectivity index is 2.29. The maximum absolute atomic E-state index is 10.6. The molecule has 0 aliphatic carbocycles. The van der Waals surface area contributed by atoms with E-state index in [0.717, 1.165) is 17.0 Å². The highest BCUT2D eigenvalue weighted by Gasteiger charge is 2.01. The van der Waals surface area contributed by atoms with Gasteiger partial charge in [0.25, 0.3) is 0 Å². The van der Waals surface area contributed by atoms with E-state index in [4.69, 9.17) is 4.74 Å². The van der Waals surface area contributed by atoms with Gasteiger partial charge in [-0.3, -0.25) is 4.79 Å². The molecular formula is C13H12N2O2. The fraction of sp³-hybridized carbons (Fsp3) is 0.154. The summed E-state index contributed by atoms with van der Waals surface area (Å²) in [5, 5.41) is 0. The second-order valence-electron chi connectivity index (χ2n) is 3.40. The molecule has 0 aliphatic heterocycles. The number of aldehydes is 1. The van der Waals surface area contributed by atoms with E-state index in [2.05, 4.69) is 9.97 Å². The molecule has 0 spiro atoms. The zero-order valence-electron chi connectivity index (χ0n) is 9.46. The van der Waals surface area contributed by atoms with Crippen LogP contribution >= 0.6 is 0 Å². The number of aromatic nitrogens is 2. The molecule has 1 aromatic heterocycles. The first-order valence-electron chi connectivity index (χ1n) is 5.34. The fourth-order valence-electron chi connectivity index (χ4n) is 1.48. The van der Waals surface area contributed by atoms with Gasteiger partial charge in [0.2, 0.25) is 0 Å². The molecule has 86 valence electrons. The van der Waals surface area contributed by atoms with Crippen LogP contribution in [0.15, 0.2) is 36.7 Å². The van der Waals surface area contributed by atoms with E-state index < -0.39 is 0 Å². The zero-order chi connectivity index (χ0) is 12.1. The van der Waals surface area contributed by atoms with Crippen molar-refractivity contribution in [3.05, 3.63) is 42.4 Å². The third-order valence-electron chi connectivity index (χ3n) is 2.27. The van der Waals surface area contributed by atoms with Crippen LogP contribution in [0.3, 0.4) is 0 Å². The highest BCUT2D eigenvalue weighted by molar-refractivity contribution is 5.74. The summed E-state index contributed by atoms with van der Waals surface area (Å²) in [5.74, 6) is 0.820. The van der Waals surface area contributed by atoms with E-state index in [9.17, 15) is 4.79 Å². The van der Waals surface area contributed by atoms with E-state index in [1.165, 1.54) is 6.33 Å². The Hall–Kier alpha value is -2.23. The zero-order valence-corrected chi connectivity index (χ0v) is 9.46. The van der Waals surface area contributed by atoms with Crippen molar-refractivity contribution in [1.29, 1.82) is 0 Å². The van der Waals surface area contributed by atoms with Crippen molar-refractivity contribution in [3.8, 4) is 17.0 Å². The quantitative estimate of drug-likeness (QED) is 0.754. The van der Waals surface area contributed by atoms with Crippen LogP contribution < -0.4 is 4.74 Å². The van der Waals surface area contributed by atoms with Crippen LogP contribution in [0, 0.1) is 0 Å². The van der Waals surface area contributed by atoms with Crippen molar-refractivity contribution in [2.75, 3.05) is 6.61 Å². The highest BCUT2D eigenvalue weighted by Crippen LogP contribution is 2.20. The Morgan fingerprint density at radius 1 is 1.24 bits per heavy atom. The van der Waals surface area contributed by atoms with Gasteiger partial charge in [-0.25, -0.2) is 9.97 Å². The summed E-state index contributed by atoms with van der Waals surface area (Å²) in [6.07, 6.45) is 2.09. The molecule has 0 atom stereocenters. The lowest BCUT2D eigenvalue weighted by Crippen LogP contribution is -1.92. The van der Waals surface area contributed by atoms with Gasteiger partial charge >= 0.3 is 0 Å². The Labute approximate surface area is 99.3 Å². The fourth-order valence-corrected chi connectivity index (χ4v) is 1.48. The summed E-state index contributed by atoms with van der Waals surface area (Å²) in [7, 11) is 0. The minimum Gasteiger partial charge on any atom is -0.494 e. The van der Waals surface area contributed by atoms with Crippen molar-refractivity contribution >= 4 is 6.29 Å². The van der Waals surface area contributed by atoms with Crippen molar-refractivity contribution in [3.63, 3.8) is 0 Å². The number of carbonyl (C=O) groups is 1. The van der Waals surface area contributed by atoms with Crippen LogP contribution in [0.1, 0.15) is 17.4 Å². The Bertz CT molecular complexity index is 509. The summed E-state index contributed by atoms with van der Waals surface area (Å²) in [6.45, 7) is 2.58. The summed E-state index contributed by atoms with van der Waals surface area (Å²) in [5.41, 5.74) is 2.04. The van der Waals surface area contributed by atoms with E-state index in [0.29, 0.717) is 18.6 Å². The van der Waals surface area contributed by atoms with E-state index in [-0.39, 0.29) is 0 Å². The Morgan fingerprint density at radius 3 is 2.65 bits per heavy atom. The average Bonchev–Trinajstić information content (AvgIpc) is 2.40. The van der Waals surface area contributed by atoms with Crippen molar-refractivity contribution < 1.29 is 9.53 Å². The van der Waals surface area contributed by atoms with Gasteiger partial charge in [0.15, 0.2) is 6.29 Å². The number of hydrogen-bond donors (Lipinski definition) is 0. The standard InChI is InChI=1S/C13H12N2O2/c1-2-17-12-5-3-10(4-6-12)13-7-11(8-16)14-9-15-13/h3-9H,2H2,1H3. The minimum atomic E-state index is 0.379. The lowest BCUT2D eigenvalue weighted by molar-refractivity contribution is 0.111. The van der Waals surface area contributed by atoms with Gasteiger partial charge in [0, 0.05) is 5.56 Å². The normalized spacial score (nSPS) is 9.94. The minimum absolute atomic E-state index is 0.379. The van der Waals surface area contributed by atoms with Gasteiger partial charge in [-0.1, -0.05) is 0 Å². The number of benzene rings is 1. The van der Waals surface area contributed by atoms with E-state index in [1.807, 2.05) is 31.2 Å². The summed E-state index contributed by atoms with van der Waals surface area (Å²) < 4.78 is 5.35. The number of nitrogens with zero attached hydrogens (tertiary/aromatic N) is 2. The van der Waals surface area contributed by atoms with Crippen LogP contribution in [0.4, 0.5) is 0 Å². The third-order valence-corrected chi connectivity index (χ3v) is 2.27. The molecule has 4 heteroatoms. The van der Waals surface area contributed by atoms with Crippen LogP contribution in [0.25, 0.3) is 11.3 Å². The molecule has 0 amide bonds. The van der Waals surface area contributed by atoms with Crippen LogP contribution in [-0.2, 0) is 0 Å². The molecule has 0 saturated heterocycles. The smallest absolute Gasteiger partial charge is 0.168 e. The van der Waals surface area contributed by atoms with Gasteiger partial charge in [0.05, 0.1) is 12.3 Å². The van der Waals surface area contributed by atoms with Gasteiger partial charge in [-0.2, -0.15) is 0 Å². The lowest BCUT2D eigenvalue weighted by atomic mass is 10.1. The number of ether oxygens (including phenoxy) is 1. The maximum Gasteiger partial charge on any atom is 0.168 e. The summed E-state index contributed by atoms with van der Waals surface area (Å²) in [4.78, 5) is 18.6. The monoisotopic (exact) mass is 228 g/mol. The Morgan fingerprint density at radius 2 is 2.00 bits per heavy atom. The first-order valence-corrected chi connectivity index (χ1v) is 5.34. The lowest BCUT2D eigenvalue weighted by Gasteiger charge is -2.04. The molecule has 0 radical (unpaired) electrons. The number of carbonyl (C=O) groups excluding carboxylic acids is 1.